The minimum atomic E-state index is -0.280. The van der Waals surface area contributed by atoms with Crippen molar-refractivity contribution in [2.24, 2.45) is 0 Å². The fourth-order valence-electron chi connectivity index (χ4n) is 1.60. The van der Waals surface area contributed by atoms with Gasteiger partial charge in [-0.15, -0.1) is 11.8 Å². The van der Waals surface area contributed by atoms with Crippen molar-refractivity contribution in [2.45, 2.75) is 11.8 Å². The summed E-state index contributed by atoms with van der Waals surface area (Å²) in [4.78, 5) is 13.2. The minimum absolute atomic E-state index is 0.280. The standard InChI is InChI=1S/C13H14N2O3S/c1-8-6-12(15-18-8)14-13(16)10-5-4-9(19-3)7-11(10)17-2/h4-7H,1-3H3,(H,14,15,16). The topological polar surface area (TPSA) is 64.4 Å². The summed E-state index contributed by atoms with van der Waals surface area (Å²) in [5.74, 6) is 1.28. The number of amides is 1. The summed E-state index contributed by atoms with van der Waals surface area (Å²) < 4.78 is 10.1. The van der Waals surface area contributed by atoms with Crippen molar-refractivity contribution in [1.29, 1.82) is 0 Å². The Morgan fingerprint density at radius 3 is 2.79 bits per heavy atom. The van der Waals surface area contributed by atoms with Crippen LogP contribution in [0.15, 0.2) is 33.7 Å². The lowest BCUT2D eigenvalue weighted by Gasteiger charge is -2.09. The first-order valence-electron chi connectivity index (χ1n) is 5.60. The number of carbonyl (C=O) groups excluding carboxylic acids is 1. The van der Waals surface area contributed by atoms with E-state index in [4.69, 9.17) is 9.26 Å². The van der Waals surface area contributed by atoms with Crippen molar-refractivity contribution in [3.05, 3.63) is 35.6 Å². The SMILES string of the molecule is COc1cc(SC)ccc1C(=O)Nc1cc(C)on1. The Morgan fingerprint density at radius 1 is 1.42 bits per heavy atom. The molecule has 0 bridgehead atoms. The average Bonchev–Trinajstić information content (AvgIpc) is 2.83. The van der Waals surface area contributed by atoms with Crippen LogP contribution in [0.1, 0.15) is 16.1 Å². The van der Waals surface area contributed by atoms with Crippen LogP contribution in [0.4, 0.5) is 5.82 Å². The Kier molecular flexibility index (Phi) is 4.11. The molecule has 1 N–H and O–H groups in total. The third-order valence-corrected chi connectivity index (χ3v) is 3.25. The molecule has 1 aromatic heterocycles. The summed E-state index contributed by atoms with van der Waals surface area (Å²) in [5.41, 5.74) is 0.459. The van der Waals surface area contributed by atoms with E-state index in [1.165, 1.54) is 7.11 Å². The van der Waals surface area contributed by atoms with Crippen molar-refractivity contribution in [1.82, 2.24) is 5.16 Å². The van der Waals surface area contributed by atoms with Crippen LogP contribution in [0.5, 0.6) is 5.75 Å². The van der Waals surface area contributed by atoms with Gasteiger partial charge in [-0.25, -0.2) is 0 Å². The van der Waals surface area contributed by atoms with Crippen LogP contribution >= 0.6 is 11.8 Å². The van der Waals surface area contributed by atoms with Crippen molar-refractivity contribution >= 4 is 23.5 Å². The molecule has 0 spiro atoms. The van der Waals surface area contributed by atoms with E-state index in [9.17, 15) is 4.79 Å². The van der Waals surface area contributed by atoms with Crippen LogP contribution in [0.25, 0.3) is 0 Å². The molecule has 0 fully saturated rings. The van der Waals surface area contributed by atoms with E-state index in [2.05, 4.69) is 10.5 Å². The Labute approximate surface area is 115 Å². The Bertz CT molecular complexity index is 595. The number of nitrogens with one attached hydrogen (secondary N) is 1. The molecule has 0 saturated heterocycles. The molecule has 19 heavy (non-hydrogen) atoms. The highest BCUT2D eigenvalue weighted by molar-refractivity contribution is 7.98. The Balaban J connectivity index is 2.23. The zero-order chi connectivity index (χ0) is 13.8. The van der Waals surface area contributed by atoms with Gasteiger partial charge >= 0.3 is 0 Å². The zero-order valence-corrected chi connectivity index (χ0v) is 11.7. The summed E-state index contributed by atoms with van der Waals surface area (Å²) in [7, 11) is 1.54. The van der Waals surface area contributed by atoms with Gasteiger partial charge in [0, 0.05) is 11.0 Å². The second-order valence-electron chi connectivity index (χ2n) is 3.84. The highest BCUT2D eigenvalue weighted by Gasteiger charge is 2.14. The van der Waals surface area contributed by atoms with Gasteiger partial charge in [0.15, 0.2) is 5.82 Å². The Hall–Kier alpha value is -1.95. The van der Waals surface area contributed by atoms with Gasteiger partial charge in [-0.3, -0.25) is 4.79 Å². The number of thioether (sulfide) groups is 1. The van der Waals surface area contributed by atoms with E-state index >= 15 is 0 Å². The first kappa shape index (κ1) is 13.5. The number of nitrogens with zero attached hydrogens (tertiary/aromatic N) is 1. The first-order chi connectivity index (χ1) is 9.13. The van der Waals surface area contributed by atoms with Crippen molar-refractivity contribution in [3.8, 4) is 5.75 Å². The van der Waals surface area contributed by atoms with Crippen LogP contribution in [0, 0.1) is 6.92 Å². The van der Waals surface area contributed by atoms with E-state index in [0.29, 0.717) is 22.9 Å². The molecule has 100 valence electrons. The van der Waals surface area contributed by atoms with Crippen LogP contribution in [-0.2, 0) is 0 Å². The minimum Gasteiger partial charge on any atom is -0.496 e. The summed E-state index contributed by atoms with van der Waals surface area (Å²) in [6.45, 7) is 1.76. The van der Waals surface area contributed by atoms with Gasteiger partial charge in [-0.1, -0.05) is 5.16 Å². The molecule has 5 nitrogen and oxygen atoms in total. The van der Waals surface area contributed by atoms with Crippen LogP contribution in [-0.4, -0.2) is 24.4 Å². The molecule has 2 aromatic rings. The fourth-order valence-corrected chi connectivity index (χ4v) is 2.02. The van der Waals surface area contributed by atoms with Crippen molar-refractivity contribution in [2.75, 3.05) is 18.7 Å². The molecule has 0 saturated carbocycles. The number of rotatable bonds is 4. The van der Waals surface area contributed by atoms with Crippen molar-refractivity contribution in [3.63, 3.8) is 0 Å². The highest BCUT2D eigenvalue weighted by atomic mass is 32.2. The lowest BCUT2D eigenvalue weighted by Crippen LogP contribution is -2.13. The molecule has 0 aliphatic carbocycles. The number of methoxy groups -OCH3 is 1. The quantitative estimate of drug-likeness (QED) is 0.871. The molecule has 1 aromatic carbocycles. The van der Waals surface area contributed by atoms with Crippen LogP contribution in [0.2, 0.25) is 0 Å². The number of carbonyl (C=O) groups is 1. The fraction of sp³-hybridized carbons (Fsp3) is 0.231. The number of anilines is 1. The zero-order valence-electron chi connectivity index (χ0n) is 10.9. The summed E-state index contributed by atoms with van der Waals surface area (Å²) in [6.07, 6.45) is 1.96. The molecule has 0 radical (unpaired) electrons. The number of hydrogen-bond donors (Lipinski definition) is 1. The Morgan fingerprint density at radius 2 is 2.21 bits per heavy atom. The van der Waals surface area contributed by atoms with Gasteiger partial charge in [0.05, 0.1) is 12.7 Å². The maximum Gasteiger partial charge on any atom is 0.260 e. The number of aryl methyl sites for hydroxylation is 1. The molecule has 0 aliphatic heterocycles. The molecular formula is C13H14N2O3S. The molecule has 0 atom stereocenters. The third kappa shape index (κ3) is 3.08. The maximum atomic E-state index is 12.1. The van der Waals surface area contributed by atoms with Crippen LogP contribution < -0.4 is 10.1 Å². The molecule has 1 heterocycles. The molecular weight excluding hydrogens is 264 g/mol. The summed E-state index contributed by atoms with van der Waals surface area (Å²) >= 11 is 1.59. The summed E-state index contributed by atoms with van der Waals surface area (Å²) in [5, 5.41) is 6.38. The second-order valence-corrected chi connectivity index (χ2v) is 4.72. The second kappa shape index (κ2) is 5.79. The number of hydrogen-bond acceptors (Lipinski definition) is 5. The first-order valence-corrected chi connectivity index (χ1v) is 6.83. The molecule has 0 unspecified atom stereocenters. The van der Waals surface area contributed by atoms with Gasteiger partial charge < -0.3 is 14.6 Å². The molecule has 6 heteroatoms. The normalized spacial score (nSPS) is 10.3. The predicted octanol–water partition coefficient (Wildman–Crippen LogP) is 2.97. The van der Waals surface area contributed by atoms with Gasteiger partial charge in [0.25, 0.3) is 5.91 Å². The molecule has 0 aliphatic rings. The average molecular weight is 278 g/mol. The van der Waals surface area contributed by atoms with Crippen LogP contribution in [0.3, 0.4) is 0 Å². The van der Waals surface area contributed by atoms with Gasteiger partial charge in [0.1, 0.15) is 11.5 Å². The van der Waals surface area contributed by atoms with Gasteiger partial charge in [-0.2, -0.15) is 0 Å². The van der Waals surface area contributed by atoms with E-state index in [1.807, 2.05) is 18.4 Å². The van der Waals surface area contributed by atoms with Crippen molar-refractivity contribution < 1.29 is 14.1 Å². The van der Waals surface area contributed by atoms with E-state index in [0.717, 1.165) is 4.90 Å². The summed E-state index contributed by atoms with van der Waals surface area (Å²) in [6, 6.07) is 7.08. The third-order valence-electron chi connectivity index (χ3n) is 2.52. The van der Waals surface area contributed by atoms with E-state index in [1.54, 1.807) is 30.8 Å². The predicted molar refractivity (Wildman–Crippen MR) is 74.0 cm³/mol. The lowest BCUT2D eigenvalue weighted by molar-refractivity contribution is 0.102. The number of aromatic nitrogens is 1. The number of ether oxygens (including phenoxy) is 1. The monoisotopic (exact) mass is 278 g/mol. The largest absolute Gasteiger partial charge is 0.496 e. The van der Waals surface area contributed by atoms with E-state index < -0.39 is 0 Å². The van der Waals surface area contributed by atoms with Gasteiger partial charge in [-0.05, 0) is 31.4 Å². The highest BCUT2D eigenvalue weighted by Crippen LogP contribution is 2.26. The smallest absolute Gasteiger partial charge is 0.260 e. The molecule has 2 rings (SSSR count). The number of benzene rings is 1. The van der Waals surface area contributed by atoms with Gasteiger partial charge in [0.2, 0.25) is 0 Å². The van der Waals surface area contributed by atoms with E-state index in [-0.39, 0.29) is 5.91 Å². The lowest BCUT2D eigenvalue weighted by atomic mass is 10.2. The molecule has 1 amide bonds. The maximum absolute atomic E-state index is 12.1.